The number of carbonyl (C=O) groups excluding carboxylic acids is 2. The molecule has 0 aliphatic carbocycles. The molecule has 1 amide bonds. The number of anilines is 1. The largest absolute Gasteiger partial charge is 0.466 e. The van der Waals surface area contributed by atoms with Gasteiger partial charge in [-0.2, -0.15) is 0 Å². The molecule has 0 spiro atoms. The van der Waals surface area contributed by atoms with Crippen LogP contribution in [0.2, 0.25) is 0 Å². The minimum Gasteiger partial charge on any atom is -0.466 e. The van der Waals surface area contributed by atoms with Gasteiger partial charge in [0.2, 0.25) is 6.10 Å². The first-order chi connectivity index (χ1) is 11.1. The van der Waals surface area contributed by atoms with Gasteiger partial charge in [0.1, 0.15) is 0 Å². The van der Waals surface area contributed by atoms with Crippen molar-refractivity contribution in [3.8, 4) is 0 Å². The number of carbonyl (C=O) groups is 2. The Morgan fingerprint density at radius 2 is 1.67 bits per heavy atom. The topological polar surface area (TPSA) is 151 Å². The van der Waals surface area contributed by atoms with Crippen molar-refractivity contribution in [1.82, 2.24) is 0 Å². The number of non-ortho nitro benzene ring substituents is 2. The number of nitro benzene ring substituents is 2. The van der Waals surface area contributed by atoms with Crippen LogP contribution in [0.5, 0.6) is 0 Å². The first-order valence-electron chi connectivity index (χ1n) is 6.30. The first-order valence-corrected chi connectivity index (χ1v) is 6.30. The van der Waals surface area contributed by atoms with Crippen LogP contribution in [0.4, 0.5) is 21.9 Å². The highest BCUT2D eigenvalue weighted by Gasteiger charge is 2.25. The standard InChI is InChI=1S/C13H13N3O8/c1-7(2)11(12(17)23-3)24-13(18)14-8-4-9(15(19)20)6-10(5-8)16(21)22/h4-6,11H,1H2,2-3H3,(H,14,18). The van der Waals surface area contributed by atoms with Gasteiger partial charge in [-0.1, -0.05) is 6.58 Å². The Bertz CT molecular complexity index is 683. The van der Waals surface area contributed by atoms with Gasteiger partial charge in [0.15, 0.2) is 0 Å². The summed E-state index contributed by atoms with van der Waals surface area (Å²) in [6.07, 6.45) is -2.55. The van der Waals surface area contributed by atoms with Crippen molar-refractivity contribution < 1.29 is 28.9 Å². The molecule has 0 saturated carbocycles. The predicted octanol–water partition coefficient (Wildman–Crippen LogP) is 2.17. The molecule has 1 N–H and O–H groups in total. The predicted molar refractivity (Wildman–Crippen MR) is 80.5 cm³/mol. The maximum atomic E-state index is 11.8. The van der Waals surface area contributed by atoms with Crippen LogP contribution >= 0.6 is 0 Å². The van der Waals surface area contributed by atoms with Crippen molar-refractivity contribution in [2.45, 2.75) is 13.0 Å². The fourth-order valence-electron chi connectivity index (χ4n) is 1.59. The lowest BCUT2D eigenvalue weighted by Crippen LogP contribution is -2.31. The molecular formula is C13H13N3O8. The molecule has 128 valence electrons. The summed E-state index contributed by atoms with van der Waals surface area (Å²) in [5.41, 5.74) is -1.25. The molecule has 1 rings (SSSR count). The van der Waals surface area contributed by atoms with Crippen molar-refractivity contribution in [2.75, 3.05) is 12.4 Å². The molecule has 11 nitrogen and oxygen atoms in total. The summed E-state index contributed by atoms with van der Waals surface area (Å²) in [5, 5.41) is 23.6. The molecule has 1 aromatic rings. The quantitative estimate of drug-likeness (QED) is 0.358. The number of nitrogens with one attached hydrogen (secondary N) is 1. The van der Waals surface area contributed by atoms with Crippen molar-refractivity contribution >= 4 is 29.1 Å². The lowest BCUT2D eigenvalue weighted by atomic mass is 10.2. The average Bonchev–Trinajstić information content (AvgIpc) is 2.51. The van der Waals surface area contributed by atoms with E-state index in [1.807, 2.05) is 0 Å². The van der Waals surface area contributed by atoms with Crippen LogP contribution in [0.1, 0.15) is 6.92 Å². The van der Waals surface area contributed by atoms with Crippen LogP contribution in [0, 0.1) is 20.2 Å². The number of benzene rings is 1. The molecule has 0 fully saturated rings. The molecule has 1 atom stereocenters. The molecule has 0 bridgehead atoms. The van der Waals surface area contributed by atoms with Gasteiger partial charge in [-0.3, -0.25) is 25.5 Å². The van der Waals surface area contributed by atoms with Gasteiger partial charge >= 0.3 is 12.1 Å². The van der Waals surface area contributed by atoms with E-state index < -0.39 is 39.4 Å². The molecule has 0 radical (unpaired) electrons. The van der Waals surface area contributed by atoms with Crippen LogP contribution in [0.3, 0.4) is 0 Å². The Morgan fingerprint density at radius 1 is 1.17 bits per heavy atom. The summed E-state index contributed by atoms with van der Waals surface area (Å²) in [5.74, 6) is -0.873. The number of nitro groups is 2. The smallest absolute Gasteiger partial charge is 0.412 e. The molecule has 0 saturated heterocycles. The minimum atomic E-state index is -1.39. The zero-order chi connectivity index (χ0) is 18.4. The Kier molecular flexibility index (Phi) is 5.93. The van der Waals surface area contributed by atoms with Crippen molar-refractivity contribution in [3.63, 3.8) is 0 Å². The lowest BCUT2D eigenvalue weighted by Gasteiger charge is -2.15. The lowest BCUT2D eigenvalue weighted by molar-refractivity contribution is -0.394. The Hall–Kier alpha value is -3.50. The first kappa shape index (κ1) is 18.5. The fraction of sp³-hybridized carbons (Fsp3) is 0.231. The van der Waals surface area contributed by atoms with E-state index in [1.54, 1.807) is 0 Å². The maximum Gasteiger partial charge on any atom is 0.412 e. The third-order valence-electron chi connectivity index (χ3n) is 2.66. The van der Waals surface area contributed by atoms with Crippen LogP contribution in [-0.2, 0) is 14.3 Å². The van der Waals surface area contributed by atoms with Crippen molar-refractivity contribution in [3.05, 3.63) is 50.6 Å². The number of esters is 1. The molecule has 1 aromatic carbocycles. The molecule has 0 aliphatic heterocycles. The van der Waals surface area contributed by atoms with E-state index in [4.69, 9.17) is 4.74 Å². The molecule has 0 aliphatic rings. The van der Waals surface area contributed by atoms with Crippen LogP contribution in [0.25, 0.3) is 0 Å². The molecule has 1 unspecified atom stereocenters. The van der Waals surface area contributed by atoms with Crippen LogP contribution < -0.4 is 5.32 Å². The Morgan fingerprint density at radius 3 is 2.04 bits per heavy atom. The van der Waals surface area contributed by atoms with Gasteiger partial charge in [-0.15, -0.1) is 0 Å². The van der Waals surface area contributed by atoms with E-state index in [9.17, 15) is 29.8 Å². The Labute approximate surface area is 135 Å². The van der Waals surface area contributed by atoms with Crippen molar-refractivity contribution in [1.29, 1.82) is 0 Å². The second-order valence-corrected chi connectivity index (χ2v) is 4.53. The number of methoxy groups -OCH3 is 1. The monoisotopic (exact) mass is 339 g/mol. The van der Waals surface area contributed by atoms with E-state index >= 15 is 0 Å². The van der Waals surface area contributed by atoms with E-state index in [0.717, 1.165) is 25.3 Å². The Balaban J connectivity index is 3.01. The average molecular weight is 339 g/mol. The third-order valence-corrected chi connectivity index (χ3v) is 2.66. The highest BCUT2D eigenvalue weighted by atomic mass is 16.6. The number of hydrogen-bond donors (Lipinski definition) is 1. The summed E-state index contributed by atoms with van der Waals surface area (Å²) < 4.78 is 9.25. The minimum absolute atomic E-state index is 0.182. The van der Waals surface area contributed by atoms with Gasteiger partial charge in [-0.25, -0.2) is 9.59 Å². The van der Waals surface area contributed by atoms with Gasteiger partial charge in [0.25, 0.3) is 11.4 Å². The van der Waals surface area contributed by atoms with E-state index in [-0.39, 0.29) is 11.3 Å². The highest BCUT2D eigenvalue weighted by Crippen LogP contribution is 2.26. The molecular weight excluding hydrogens is 326 g/mol. The molecule has 0 heterocycles. The SMILES string of the molecule is C=C(C)C(OC(=O)Nc1cc([N+](=O)[O-])cc([N+](=O)[O-])c1)C(=O)OC. The highest BCUT2D eigenvalue weighted by molar-refractivity contribution is 5.89. The van der Waals surface area contributed by atoms with Gasteiger partial charge in [-0.05, 0) is 12.5 Å². The maximum absolute atomic E-state index is 11.8. The number of ether oxygens (including phenoxy) is 2. The van der Waals surface area contributed by atoms with Gasteiger partial charge in [0.05, 0.1) is 28.7 Å². The summed E-state index contributed by atoms with van der Waals surface area (Å²) in [4.78, 5) is 43.1. The molecule has 11 heteroatoms. The second-order valence-electron chi connectivity index (χ2n) is 4.53. The fourth-order valence-corrected chi connectivity index (χ4v) is 1.59. The number of rotatable bonds is 6. The van der Waals surface area contributed by atoms with Crippen LogP contribution in [-0.4, -0.2) is 35.1 Å². The number of nitrogens with zero attached hydrogens (tertiary/aromatic N) is 2. The molecule has 0 aromatic heterocycles. The molecule has 24 heavy (non-hydrogen) atoms. The zero-order valence-electron chi connectivity index (χ0n) is 12.7. The summed E-state index contributed by atoms with van der Waals surface area (Å²) in [7, 11) is 1.09. The zero-order valence-corrected chi connectivity index (χ0v) is 12.7. The van der Waals surface area contributed by atoms with Crippen LogP contribution in [0.15, 0.2) is 30.4 Å². The van der Waals surface area contributed by atoms with E-state index in [1.165, 1.54) is 6.92 Å². The van der Waals surface area contributed by atoms with E-state index in [2.05, 4.69) is 16.6 Å². The van der Waals surface area contributed by atoms with E-state index in [0.29, 0.717) is 0 Å². The van der Waals surface area contributed by atoms with Gasteiger partial charge in [0, 0.05) is 12.1 Å². The number of hydrogen-bond acceptors (Lipinski definition) is 8. The number of amides is 1. The summed E-state index contributed by atoms with van der Waals surface area (Å²) in [6, 6.07) is 2.55. The normalized spacial score (nSPS) is 11.1. The summed E-state index contributed by atoms with van der Waals surface area (Å²) >= 11 is 0. The van der Waals surface area contributed by atoms with Crippen molar-refractivity contribution in [2.24, 2.45) is 0 Å². The summed E-state index contributed by atoms with van der Waals surface area (Å²) in [6.45, 7) is 4.90. The van der Waals surface area contributed by atoms with Gasteiger partial charge < -0.3 is 9.47 Å². The second kappa shape index (κ2) is 7.67. The third kappa shape index (κ3) is 4.76.